The van der Waals surface area contributed by atoms with Crippen LogP contribution in [0, 0.1) is 5.92 Å². The SMILES string of the molecule is COc1cc2cc([C@@H](c3nnnn3C3CCCC3)N3CCC(C)CC3)c(=O)[nH]c2cc1OC. The van der Waals surface area contributed by atoms with E-state index < -0.39 is 0 Å². The maximum atomic E-state index is 13.4. The molecule has 0 radical (unpaired) electrons. The summed E-state index contributed by atoms with van der Waals surface area (Å²) in [5.41, 5.74) is 1.25. The molecule has 9 nitrogen and oxygen atoms in total. The molecule has 9 heteroatoms. The van der Waals surface area contributed by atoms with Gasteiger partial charge >= 0.3 is 0 Å². The van der Waals surface area contributed by atoms with Crippen LogP contribution in [0.15, 0.2) is 23.0 Å². The summed E-state index contributed by atoms with van der Waals surface area (Å²) >= 11 is 0. The normalized spacial score (nSPS) is 19.2. The average molecular weight is 453 g/mol. The van der Waals surface area contributed by atoms with E-state index in [1.165, 1.54) is 12.8 Å². The van der Waals surface area contributed by atoms with Crippen LogP contribution in [-0.2, 0) is 0 Å². The first kappa shape index (κ1) is 21.9. The molecule has 0 spiro atoms. The number of likely N-dealkylation sites (tertiary alicyclic amines) is 1. The standard InChI is InChI=1S/C24H32N6O3/c1-15-8-10-29(11-9-15)22(23-26-27-28-30(23)17-6-4-5-7-17)18-12-16-13-20(32-2)21(33-3)14-19(16)25-24(18)31/h12-15,17,22H,4-11H2,1-3H3,(H,25,31)/t22-/m0/s1. The molecule has 1 saturated heterocycles. The molecule has 33 heavy (non-hydrogen) atoms. The van der Waals surface area contributed by atoms with Gasteiger partial charge in [0, 0.05) is 17.0 Å². The third kappa shape index (κ3) is 4.10. The van der Waals surface area contributed by atoms with Crippen LogP contribution in [-0.4, -0.2) is 57.4 Å². The summed E-state index contributed by atoms with van der Waals surface area (Å²) in [4.78, 5) is 18.9. The first-order valence-corrected chi connectivity index (χ1v) is 11.9. The Kier molecular flexibility index (Phi) is 6.05. The molecule has 1 aromatic carbocycles. The molecule has 1 aliphatic heterocycles. The van der Waals surface area contributed by atoms with E-state index in [0.29, 0.717) is 34.5 Å². The van der Waals surface area contributed by atoms with Gasteiger partial charge in [-0.15, -0.1) is 5.10 Å². The van der Waals surface area contributed by atoms with Crippen molar-refractivity contribution >= 4 is 10.9 Å². The first-order valence-electron chi connectivity index (χ1n) is 11.9. The van der Waals surface area contributed by atoms with Crippen LogP contribution in [0.5, 0.6) is 11.5 Å². The summed E-state index contributed by atoms with van der Waals surface area (Å²) < 4.78 is 12.9. The van der Waals surface area contributed by atoms with Gasteiger partial charge in [0.1, 0.15) is 6.04 Å². The Bertz CT molecular complexity index is 1170. The highest BCUT2D eigenvalue weighted by atomic mass is 16.5. The molecule has 2 fully saturated rings. The van der Waals surface area contributed by atoms with Gasteiger partial charge in [0.2, 0.25) is 0 Å². The number of nitrogens with zero attached hydrogens (tertiary/aromatic N) is 5. The molecule has 3 heterocycles. The zero-order valence-electron chi connectivity index (χ0n) is 19.6. The fraction of sp³-hybridized carbons (Fsp3) is 0.583. The molecule has 5 rings (SSSR count). The van der Waals surface area contributed by atoms with Crippen molar-refractivity contribution in [2.45, 2.75) is 57.5 Å². The van der Waals surface area contributed by atoms with Crippen molar-refractivity contribution < 1.29 is 9.47 Å². The lowest BCUT2D eigenvalue weighted by atomic mass is 9.95. The van der Waals surface area contributed by atoms with Crippen molar-refractivity contribution in [2.24, 2.45) is 5.92 Å². The fourth-order valence-electron chi connectivity index (χ4n) is 5.33. The number of ether oxygens (including phenoxy) is 2. The van der Waals surface area contributed by atoms with Crippen molar-refractivity contribution in [1.29, 1.82) is 0 Å². The van der Waals surface area contributed by atoms with Crippen LogP contribution in [0.2, 0.25) is 0 Å². The van der Waals surface area contributed by atoms with Crippen LogP contribution >= 0.6 is 0 Å². The zero-order valence-corrected chi connectivity index (χ0v) is 19.6. The Morgan fingerprint density at radius 1 is 1.03 bits per heavy atom. The molecule has 2 aliphatic rings. The number of methoxy groups -OCH3 is 2. The van der Waals surface area contributed by atoms with Crippen molar-refractivity contribution in [1.82, 2.24) is 30.1 Å². The van der Waals surface area contributed by atoms with Gasteiger partial charge in [0.05, 0.1) is 25.8 Å². The van der Waals surface area contributed by atoms with E-state index in [1.54, 1.807) is 20.3 Å². The number of aromatic amines is 1. The predicted octanol–water partition coefficient (Wildman–Crippen LogP) is 3.47. The maximum Gasteiger partial charge on any atom is 0.253 e. The number of nitrogens with one attached hydrogen (secondary N) is 1. The molecule has 0 amide bonds. The number of benzene rings is 1. The summed E-state index contributed by atoms with van der Waals surface area (Å²) in [6.07, 6.45) is 6.72. The van der Waals surface area contributed by atoms with Gasteiger partial charge in [-0.3, -0.25) is 9.69 Å². The topological polar surface area (TPSA) is 98.2 Å². The minimum Gasteiger partial charge on any atom is -0.493 e. The Morgan fingerprint density at radius 2 is 1.73 bits per heavy atom. The predicted molar refractivity (Wildman–Crippen MR) is 125 cm³/mol. The highest BCUT2D eigenvalue weighted by Gasteiger charge is 2.34. The highest BCUT2D eigenvalue weighted by molar-refractivity contribution is 5.83. The number of aromatic nitrogens is 5. The van der Waals surface area contributed by atoms with Gasteiger partial charge in [-0.05, 0) is 67.3 Å². The Hall–Kier alpha value is -2.94. The number of tetrazole rings is 1. The number of piperidine rings is 1. The number of fused-ring (bicyclic) bond motifs is 1. The van der Waals surface area contributed by atoms with E-state index in [-0.39, 0.29) is 11.6 Å². The quantitative estimate of drug-likeness (QED) is 0.611. The van der Waals surface area contributed by atoms with Gasteiger partial charge in [0.15, 0.2) is 17.3 Å². The fourth-order valence-corrected chi connectivity index (χ4v) is 5.33. The minimum absolute atomic E-state index is 0.126. The summed E-state index contributed by atoms with van der Waals surface area (Å²) in [6.45, 7) is 4.11. The molecule has 0 bridgehead atoms. The third-order valence-electron chi connectivity index (χ3n) is 7.29. The van der Waals surface area contributed by atoms with Crippen molar-refractivity contribution in [3.8, 4) is 11.5 Å². The second-order valence-electron chi connectivity index (χ2n) is 9.39. The average Bonchev–Trinajstić information content (AvgIpc) is 3.52. The lowest BCUT2D eigenvalue weighted by Crippen LogP contribution is -2.40. The molecule has 1 N–H and O–H groups in total. The molecule has 1 saturated carbocycles. The molecule has 2 aromatic heterocycles. The number of rotatable bonds is 6. The van der Waals surface area contributed by atoms with E-state index >= 15 is 0 Å². The smallest absolute Gasteiger partial charge is 0.253 e. The Labute approximate surface area is 193 Å². The number of pyridine rings is 1. The Morgan fingerprint density at radius 3 is 2.42 bits per heavy atom. The van der Waals surface area contributed by atoms with E-state index in [0.717, 1.165) is 50.0 Å². The first-order chi connectivity index (χ1) is 16.1. The summed E-state index contributed by atoms with van der Waals surface area (Å²) in [6, 6.07) is 5.67. The van der Waals surface area contributed by atoms with Gasteiger partial charge in [0.25, 0.3) is 5.56 Å². The van der Waals surface area contributed by atoms with Gasteiger partial charge in [-0.1, -0.05) is 19.8 Å². The van der Waals surface area contributed by atoms with Crippen molar-refractivity contribution in [3.05, 3.63) is 39.9 Å². The highest BCUT2D eigenvalue weighted by Crippen LogP contribution is 2.36. The minimum atomic E-state index is -0.297. The van der Waals surface area contributed by atoms with Gasteiger partial charge < -0.3 is 14.5 Å². The van der Waals surface area contributed by atoms with Crippen molar-refractivity contribution in [2.75, 3.05) is 27.3 Å². The largest absolute Gasteiger partial charge is 0.493 e. The Balaban J connectivity index is 1.64. The summed E-state index contributed by atoms with van der Waals surface area (Å²) in [7, 11) is 3.20. The van der Waals surface area contributed by atoms with Crippen LogP contribution in [0.3, 0.4) is 0 Å². The lowest BCUT2D eigenvalue weighted by molar-refractivity contribution is 0.147. The maximum absolute atomic E-state index is 13.4. The molecular formula is C24H32N6O3. The molecule has 3 aromatic rings. The molecular weight excluding hydrogens is 420 g/mol. The number of H-pyrrole nitrogens is 1. The number of hydrogen-bond donors (Lipinski definition) is 1. The van der Waals surface area contributed by atoms with Crippen LogP contribution in [0.1, 0.15) is 68.9 Å². The summed E-state index contributed by atoms with van der Waals surface area (Å²) in [5, 5.41) is 13.8. The van der Waals surface area contributed by atoms with Crippen LogP contribution in [0.4, 0.5) is 0 Å². The second kappa shape index (κ2) is 9.13. The van der Waals surface area contributed by atoms with Gasteiger partial charge in [-0.2, -0.15) is 0 Å². The molecule has 1 atom stereocenters. The van der Waals surface area contributed by atoms with Crippen molar-refractivity contribution in [3.63, 3.8) is 0 Å². The van der Waals surface area contributed by atoms with E-state index in [1.807, 2.05) is 16.8 Å². The third-order valence-corrected chi connectivity index (χ3v) is 7.29. The second-order valence-corrected chi connectivity index (χ2v) is 9.39. The van der Waals surface area contributed by atoms with E-state index in [4.69, 9.17) is 9.47 Å². The lowest BCUT2D eigenvalue weighted by Gasteiger charge is -2.36. The molecule has 176 valence electrons. The summed E-state index contributed by atoms with van der Waals surface area (Å²) in [5.74, 6) is 2.66. The monoisotopic (exact) mass is 452 g/mol. The zero-order chi connectivity index (χ0) is 22.9. The van der Waals surface area contributed by atoms with Gasteiger partial charge in [-0.25, -0.2) is 4.68 Å². The van der Waals surface area contributed by atoms with E-state index in [9.17, 15) is 4.79 Å². The molecule has 0 unspecified atom stereocenters. The van der Waals surface area contributed by atoms with E-state index in [2.05, 4.69) is 32.3 Å². The van der Waals surface area contributed by atoms with Crippen LogP contribution in [0.25, 0.3) is 10.9 Å². The molecule has 1 aliphatic carbocycles. The number of hydrogen-bond acceptors (Lipinski definition) is 7. The van der Waals surface area contributed by atoms with Crippen LogP contribution < -0.4 is 15.0 Å².